The molecule has 2 heterocycles. The number of hydrogen-bond donors (Lipinski definition) is 2. The third-order valence-electron chi connectivity index (χ3n) is 4.76. The Morgan fingerprint density at radius 1 is 1.09 bits per heavy atom. The Hall–Kier alpha value is -3.37. The molecule has 1 unspecified atom stereocenters. The summed E-state index contributed by atoms with van der Waals surface area (Å²) in [6.45, 7) is 2.60. The van der Waals surface area contributed by atoms with E-state index in [0.717, 1.165) is 6.26 Å². The van der Waals surface area contributed by atoms with Crippen LogP contribution in [0.1, 0.15) is 6.92 Å². The highest BCUT2D eigenvalue weighted by Crippen LogP contribution is 2.32. The molecule has 3 aromatic rings. The zero-order valence-electron chi connectivity index (χ0n) is 17.9. The van der Waals surface area contributed by atoms with Crippen molar-refractivity contribution in [3.8, 4) is 22.6 Å². The van der Waals surface area contributed by atoms with E-state index in [9.17, 15) is 18.0 Å². The van der Waals surface area contributed by atoms with Crippen molar-refractivity contribution >= 4 is 38.2 Å². The molecule has 2 N–H and O–H groups in total. The molecule has 1 amide bonds. The highest BCUT2D eigenvalue weighted by Gasteiger charge is 2.22. The number of nitrogens with one attached hydrogen (secondary N) is 2. The van der Waals surface area contributed by atoms with Gasteiger partial charge in [-0.1, -0.05) is 18.7 Å². The average molecular weight is 484 g/mol. The molecule has 4 rings (SSSR count). The lowest BCUT2D eigenvalue weighted by Gasteiger charge is -2.13. The van der Waals surface area contributed by atoms with Crippen LogP contribution in [-0.2, 0) is 14.6 Å². The number of amides is 1. The minimum Gasteiger partial charge on any atom is -0.457 e. The lowest BCUT2D eigenvalue weighted by Crippen LogP contribution is -2.19. The smallest absolute Gasteiger partial charge is 0.280 e. The van der Waals surface area contributed by atoms with Crippen molar-refractivity contribution in [3.63, 3.8) is 0 Å². The van der Waals surface area contributed by atoms with Crippen molar-refractivity contribution < 1.29 is 17.9 Å². The van der Waals surface area contributed by atoms with E-state index in [1.165, 1.54) is 30.0 Å². The number of carbonyl (C=O) groups excluding carboxylic acids is 1. The Balaban J connectivity index is 1.66. The van der Waals surface area contributed by atoms with Gasteiger partial charge in [-0.15, -0.1) is 0 Å². The molecule has 0 bridgehead atoms. The molecule has 1 aliphatic rings. The third-order valence-corrected chi connectivity index (χ3v) is 6.98. The summed E-state index contributed by atoms with van der Waals surface area (Å²) in [5.41, 5.74) is 1.53. The topological polar surface area (TPSA) is 118 Å². The molecule has 0 aliphatic carbocycles. The van der Waals surface area contributed by atoms with Crippen molar-refractivity contribution in [2.75, 3.05) is 18.1 Å². The van der Waals surface area contributed by atoms with Gasteiger partial charge < -0.3 is 15.0 Å². The minimum atomic E-state index is -3.32. The summed E-state index contributed by atoms with van der Waals surface area (Å²) in [6.07, 6.45) is 2.68. The van der Waals surface area contributed by atoms with E-state index in [1.807, 2.05) is 6.92 Å². The molecule has 33 heavy (non-hydrogen) atoms. The average Bonchev–Trinajstić information content (AvgIpc) is 3.20. The van der Waals surface area contributed by atoms with Gasteiger partial charge >= 0.3 is 0 Å². The summed E-state index contributed by atoms with van der Waals surface area (Å²) in [7, 11) is -3.32. The highest BCUT2D eigenvalue weighted by atomic mass is 32.2. The fourth-order valence-corrected chi connectivity index (χ4v) is 4.67. The summed E-state index contributed by atoms with van der Waals surface area (Å²) in [5.74, 6) is 0.521. The van der Waals surface area contributed by atoms with Gasteiger partial charge in [-0.25, -0.2) is 8.42 Å². The van der Waals surface area contributed by atoms with Crippen LogP contribution < -0.4 is 15.6 Å². The molecule has 0 saturated heterocycles. The summed E-state index contributed by atoms with van der Waals surface area (Å²) in [4.78, 5) is 31.5. The number of aliphatic imine (C=N–C) groups is 1. The zero-order valence-corrected chi connectivity index (χ0v) is 19.5. The van der Waals surface area contributed by atoms with Gasteiger partial charge in [0, 0.05) is 35.5 Å². The van der Waals surface area contributed by atoms with Crippen LogP contribution in [0.2, 0.25) is 0 Å². The van der Waals surface area contributed by atoms with Crippen LogP contribution in [0.15, 0.2) is 75.5 Å². The summed E-state index contributed by atoms with van der Waals surface area (Å²) < 4.78 is 29.3. The molecule has 2 aromatic carbocycles. The van der Waals surface area contributed by atoms with Gasteiger partial charge in [0.05, 0.1) is 11.4 Å². The number of hydrogen-bond acceptors (Lipinski definition) is 7. The van der Waals surface area contributed by atoms with Crippen molar-refractivity contribution in [2.45, 2.75) is 17.1 Å². The molecule has 0 fully saturated rings. The maximum absolute atomic E-state index is 12.6. The Labute approximate surface area is 195 Å². The largest absolute Gasteiger partial charge is 0.457 e. The number of benzene rings is 2. The maximum Gasteiger partial charge on any atom is 0.280 e. The van der Waals surface area contributed by atoms with Crippen LogP contribution in [0.4, 0.5) is 5.69 Å². The Morgan fingerprint density at radius 3 is 2.48 bits per heavy atom. The van der Waals surface area contributed by atoms with Gasteiger partial charge in [0.2, 0.25) is 5.56 Å². The molecule has 0 radical (unpaired) electrons. The number of carbonyl (C=O) groups is 1. The van der Waals surface area contributed by atoms with Crippen LogP contribution in [0.3, 0.4) is 0 Å². The number of nitrogens with zero attached hydrogens (tertiary/aromatic N) is 1. The van der Waals surface area contributed by atoms with E-state index < -0.39 is 9.84 Å². The highest BCUT2D eigenvalue weighted by molar-refractivity contribution is 8.16. The number of ether oxygens (including phenoxy) is 1. The Morgan fingerprint density at radius 2 is 1.85 bits per heavy atom. The monoisotopic (exact) mass is 483 g/mol. The summed E-state index contributed by atoms with van der Waals surface area (Å²) in [6, 6.07) is 14.4. The minimum absolute atomic E-state index is 0.184. The van der Waals surface area contributed by atoms with Crippen LogP contribution in [0.5, 0.6) is 11.5 Å². The number of rotatable bonds is 6. The van der Waals surface area contributed by atoms with Gasteiger partial charge in [0.1, 0.15) is 11.5 Å². The molecule has 8 nitrogen and oxygen atoms in total. The molecule has 1 aromatic heterocycles. The van der Waals surface area contributed by atoms with Crippen LogP contribution in [0, 0.1) is 0 Å². The summed E-state index contributed by atoms with van der Waals surface area (Å²) in [5, 5.41) is 3.52. The first-order valence-corrected chi connectivity index (χ1v) is 12.8. The van der Waals surface area contributed by atoms with E-state index in [1.54, 1.807) is 42.6 Å². The second-order valence-electron chi connectivity index (χ2n) is 7.56. The number of thioether (sulfide) groups is 1. The SMILES string of the molecule is CC1CN=C(C(=O)Nc2cc(Oc3ccc(S(C)(=O)=O)cc3)cc(-c3cc[nH]c(=O)c3)c2)S1. The van der Waals surface area contributed by atoms with Gasteiger partial charge in [-0.3, -0.25) is 14.6 Å². The zero-order chi connectivity index (χ0) is 23.6. The van der Waals surface area contributed by atoms with Crippen LogP contribution in [0.25, 0.3) is 11.1 Å². The van der Waals surface area contributed by atoms with E-state index in [0.29, 0.717) is 39.9 Å². The first-order chi connectivity index (χ1) is 15.7. The van der Waals surface area contributed by atoms with Gasteiger partial charge in [0.15, 0.2) is 14.9 Å². The molecule has 1 atom stereocenters. The van der Waals surface area contributed by atoms with Gasteiger partial charge in [0.25, 0.3) is 5.91 Å². The first-order valence-electron chi connectivity index (χ1n) is 10.0. The fourth-order valence-electron chi connectivity index (χ4n) is 3.20. The van der Waals surface area contributed by atoms with Gasteiger partial charge in [-0.2, -0.15) is 0 Å². The second-order valence-corrected chi connectivity index (χ2v) is 11.0. The van der Waals surface area contributed by atoms with E-state index in [4.69, 9.17) is 4.74 Å². The fraction of sp³-hybridized carbons (Fsp3) is 0.174. The standard InChI is InChI=1S/C23H21N3O5S2/c1-14-13-25-23(32-14)22(28)26-17-9-16(15-7-8-24-21(27)11-15)10-19(12-17)31-18-3-5-20(6-4-18)33(2,29)30/h3-12,14H,13H2,1-2H3,(H,24,27)(H,26,28). The number of sulfone groups is 1. The van der Waals surface area contributed by atoms with E-state index in [2.05, 4.69) is 15.3 Å². The molecular formula is C23H21N3O5S2. The predicted molar refractivity (Wildman–Crippen MR) is 130 cm³/mol. The van der Waals surface area contributed by atoms with Crippen molar-refractivity contribution in [2.24, 2.45) is 4.99 Å². The number of pyridine rings is 1. The quantitative estimate of drug-likeness (QED) is 0.552. The molecule has 1 aliphatic heterocycles. The number of H-pyrrole nitrogens is 1. The normalized spacial score (nSPS) is 15.7. The number of anilines is 1. The Kier molecular flexibility index (Phi) is 6.39. The molecule has 10 heteroatoms. The second kappa shape index (κ2) is 9.24. The van der Waals surface area contributed by atoms with Crippen molar-refractivity contribution in [1.82, 2.24) is 4.98 Å². The van der Waals surface area contributed by atoms with Gasteiger partial charge in [-0.05, 0) is 53.6 Å². The lowest BCUT2D eigenvalue weighted by atomic mass is 10.1. The van der Waals surface area contributed by atoms with Crippen molar-refractivity contribution in [3.05, 3.63) is 71.1 Å². The predicted octanol–water partition coefficient (Wildman–Crippen LogP) is 3.71. The van der Waals surface area contributed by atoms with E-state index >= 15 is 0 Å². The molecular weight excluding hydrogens is 462 g/mol. The van der Waals surface area contributed by atoms with E-state index in [-0.39, 0.29) is 21.6 Å². The molecule has 0 saturated carbocycles. The first kappa shape index (κ1) is 22.8. The molecule has 170 valence electrons. The van der Waals surface area contributed by atoms with Crippen LogP contribution >= 0.6 is 11.8 Å². The lowest BCUT2D eigenvalue weighted by molar-refractivity contribution is -0.110. The maximum atomic E-state index is 12.6. The Bertz CT molecular complexity index is 1400. The number of aromatic nitrogens is 1. The molecule has 0 spiro atoms. The number of aromatic amines is 1. The summed E-state index contributed by atoms with van der Waals surface area (Å²) >= 11 is 1.42. The van der Waals surface area contributed by atoms with Crippen LogP contribution in [-0.4, -0.2) is 42.4 Å². The van der Waals surface area contributed by atoms with Crippen molar-refractivity contribution in [1.29, 1.82) is 0 Å². The third kappa shape index (κ3) is 5.71.